The molecule has 0 saturated carbocycles. The average molecular weight is 344 g/mol. The Morgan fingerprint density at radius 3 is 2.65 bits per heavy atom. The molecule has 0 saturated heterocycles. The predicted octanol–water partition coefficient (Wildman–Crippen LogP) is 3.38. The van der Waals surface area contributed by atoms with Gasteiger partial charge in [-0.15, -0.1) is 11.3 Å². The number of carbonyl (C=O) groups is 1. The molecule has 0 fully saturated rings. The van der Waals surface area contributed by atoms with Crippen LogP contribution < -0.4 is 10.6 Å². The highest BCUT2D eigenvalue weighted by Gasteiger charge is 2.31. The van der Waals surface area contributed by atoms with Crippen molar-refractivity contribution in [2.45, 2.75) is 13.0 Å². The highest BCUT2D eigenvalue weighted by atomic mass is 32.1. The van der Waals surface area contributed by atoms with E-state index in [1.165, 1.54) is 7.11 Å². The van der Waals surface area contributed by atoms with Gasteiger partial charge in [0.15, 0.2) is 5.11 Å². The summed E-state index contributed by atoms with van der Waals surface area (Å²) in [5.74, 6) is -0.357. The highest BCUT2D eigenvalue weighted by molar-refractivity contribution is 7.80. The summed E-state index contributed by atoms with van der Waals surface area (Å²) in [6, 6.07) is 13.9. The average Bonchev–Trinajstić information content (AvgIpc) is 3.04. The molecular weight excluding hydrogens is 328 g/mol. The van der Waals surface area contributed by atoms with Crippen LogP contribution in [0.15, 0.2) is 53.7 Å². The van der Waals surface area contributed by atoms with Crippen molar-refractivity contribution < 1.29 is 9.53 Å². The number of benzene rings is 1. The maximum Gasteiger partial charge on any atom is 0.337 e. The number of ether oxygens (including phenoxy) is 1. The summed E-state index contributed by atoms with van der Waals surface area (Å²) in [5, 5.41) is 6.66. The molecule has 1 aliphatic heterocycles. The highest BCUT2D eigenvalue weighted by Crippen LogP contribution is 2.36. The van der Waals surface area contributed by atoms with Crippen molar-refractivity contribution in [1.29, 1.82) is 0 Å². The molecule has 0 aliphatic carbocycles. The van der Waals surface area contributed by atoms with Crippen LogP contribution in [0.25, 0.3) is 10.4 Å². The number of hydrogen-bond acceptors (Lipinski definition) is 4. The molecule has 0 amide bonds. The van der Waals surface area contributed by atoms with Crippen molar-refractivity contribution in [3.8, 4) is 10.4 Å². The lowest BCUT2D eigenvalue weighted by molar-refractivity contribution is -0.136. The first-order valence-electron chi connectivity index (χ1n) is 7.12. The van der Waals surface area contributed by atoms with Crippen LogP contribution in [0.2, 0.25) is 0 Å². The zero-order chi connectivity index (χ0) is 16.4. The number of thiophene rings is 1. The van der Waals surface area contributed by atoms with E-state index in [1.54, 1.807) is 11.3 Å². The molecule has 1 unspecified atom stereocenters. The molecule has 2 heterocycles. The number of nitrogens with one attached hydrogen (secondary N) is 2. The second-order valence-corrected chi connectivity index (χ2v) is 6.65. The number of thiocarbonyl (C=S) groups is 1. The Balaban J connectivity index is 1.99. The molecule has 0 spiro atoms. The minimum absolute atomic E-state index is 0.293. The van der Waals surface area contributed by atoms with Crippen molar-refractivity contribution in [3.05, 3.63) is 58.6 Å². The van der Waals surface area contributed by atoms with Gasteiger partial charge < -0.3 is 15.4 Å². The Kier molecular flexibility index (Phi) is 4.45. The van der Waals surface area contributed by atoms with E-state index in [4.69, 9.17) is 17.0 Å². The molecule has 6 heteroatoms. The number of carbonyl (C=O) groups excluding carboxylic acids is 1. The monoisotopic (exact) mass is 344 g/mol. The molecule has 23 heavy (non-hydrogen) atoms. The van der Waals surface area contributed by atoms with Crippen molar-refractivity contribution in [1.82, 2.24) is 10.6 Å². The molecule has 1 aliphatic rings. The van der Waals surface area contributed by atoms with Crippen molar-refractivity contribution >= 4 is 34.6 Å². The Hall–Kier alpha value is -2.18. The van der Waals surface area contributed by atoms with E-state index in [0.29, 0.717) is 10.7 Å². The number of esters is 1. The zero-order valence-electron chi connectivity index (χ0n) is 12.8. The second kappa shape index (κ2) is 6.52. The fourth-order valence-corrected chi connectivity index (χ4v) is 3.90. The molecule has 1 atom stereocenters. The second-order valence-electron chi connectivity index (χ2n) is 5.13. The largest absolute Gasteiger partial charge is 0.466 e. The summed E-state index contributed by atoms with van der Waals surface area (Å²) in [6.45, 7) is 1.83. The standard InChI is InChI=1S/C17H16N2O2S2/c1-10-14(16(20)21-2)15(19-17(22)18-10)13-9-8-12(23-13)11-6-4-3-5-7-11/h3-9,15H,1-2H3,(H2,18,19,22). The normalized spacial score (nSPS) is 17.5. The van der Waals surface area contributed by atoms with Crippen LogP contribution in [-0.4, -0.2) is 18.2 Å². The van der Waals surface area contributed by atoms with Crippen LogP contribution in [-0.2, 0) is 9.53 Å². The molecule has 0 bridgehead atoms. The Morgan fingerprint density at radius 2 is 1.96 bits per heavy atom. The van der Waals surface area contributed by atoms with Gasteiger partial charge in [-0.05, 0) is 36.8 Å². The Morgan fingerprint density at radius 1 is 1.22 bits per heavy atom. The van der Waals surface area contributed by atoms with E-state index in [0.717, 1.165) is 21.0 Å². The number of allylic oxidation sites excluding steroid dienone is 1. The quantitative estimate of drug-likeness (QED) is 0.660. The smallest absolute Gasteiger partial charge is 0.337 e. The zero-order valence-corrected chi connectivity index (χ0v) is 14.4. The van der Waals surface area contributed by atoms with E-state index in [-0.39, 0.29) is 12.0 Å². The van der Waals surface area contributed by atoms with Gasteiger partial charge in [0, 0.05) is 15.5 Å². The summed E-state index contributed by atoms with van der Waals surface area (Å²) in [6.07, 6.45) is 0. The molecule has 118 valence electrons. The topological polar surface area (TPSA) is 50.4 Å². The summed E-state index contributed by atoms with van der Waals surface area (Å²) in [7, 11) is 1.39. The van der Waals surface area contributed by atoms with E-state index < -0.39 is 0 Å². The van der Waals surface area contributed by atoms with Crippen LogP contribution in [0.5, 0.6) is 0 Å². The van der Waals surface area contributed by atoms with E-state index in [1.807, 2.05) is 31.2 Å². The molecule has 2 N–H and O–H groups in total. The SMILES string of the molecule is COC(=O)C1=C(C)NC(=S)NC1c1ccc(-c2ccccc2)s1. The summed E-state index contributed by atoms with van der Waals surface area (Å²) in [5.41, 5.74) is 2.43. The minimum Gasteiger partial charge on any atom is -0.466 e. The maximum atomic E-state index is 12.1. The third-order valence-electron chi connectivity index (χ3n) is 3.64. The molecule has 4 nitrogen and oxygen atoms in total. The molecule has 0 radical (unpaired) electrons. The van der Waals surface area contributed by atoms with Gasteiger partial charge in [-0.1, -0.05) is 30.3 Å². The summed E-state index contributed by atoms with van der Waals surface area (Å²) < 4.78 is 4.92. The van der Waals surface area contributed by atoms with Crippen LogP contribution in [0.1, 0.15) is 17.8 Å². The van der Waals surface area contributed by atoms with Crippen LogP contribution in [0, 0.1) is 0 Å². The van der Waals surface area contributed by atoms with Gasteiger partial charge in [-0.25, -0.2) is 4.79 Å². The number of hydrogen-bond donors (Lipinski definition) is 2. The van der Waals surface area contributed by atoms with Crippen molar-refractivity contribution in [2.75, 3.05) is 7.11 Å². The Bertz CT molecular complexity index is 781. The van der Waals surface area contributed by atoms with E-state index in [2.05, 4.69) is 28.8 Å². The molecule has 1 aromatic carbocycles. The van der Waals surface area contributed by atoms with Gasteiger partial charge in [-0.2, -0.15) is 0 Å². The molecule has 1 aromatic heterocycles. The van der Waals surface area contributed by atoms with Gasteiger partial charge >= 0.3 is 5.97 Å². The molecule has 2 aromatic rings. The van der Waals surface area contributed by atoms with Crippen molar-refractivity contribution in [2.24, 2.45) is 0 Å². The van der Waals surface area contributed by atoms with Crippen molar-refractivity contribution in [3.63, 3.8) is 0 Å². The fourth-order valence-electron chi connectivity index (χ4n) is 2.55. The van der Waals surface area contributed by atoms with Gasteiger partial charge in [-0.3, -0.25) is 0 Å². The van der Waals surface area contributed by atoms with E-state index in [9.17, 15) is 4.79 Å². The van der Waals surface area contributed by atoms with Gasteiger partial charge in [0.1, 0.15) is 0 Å². The lowest BCUT2D eigenvalue weighted by Gasteiger charge is -2.28. The first kappa shape index (κ1) is 15.7. The lowest BCUT2D eigenvalue weighted by Crippen LogP contribution is -2.44. The summed E-state index contributed by atoms with van der Waals surface area (Å²) in [4.78, 5) is 14.3. The van der Waals surface area contributed by atoms with Crippen LogP contribution in [0.4, 0.5) is 0 Å². The fraction of sp³-hybridized carbons (Fsp3) is 0.176. The predicted molar refractivity (Wildman–Crippen MR) is 96.1 cm³/mol. The molecule has 3 rings (SSSR count). The minimum atomic E-state index is -0.357. The third-order valence-corrected chi connectivity index (χ3v) is 5.06. The van der Waals surface area contributed by atoms with Gasteiger partial charge in [0.25, 0.3) is 0 Å². The lowest BCUT2D eigenvalue weighted by atomic mass is 10.0. The van der Waals surface area contributed by atoms with Crippen LogP contribution >= 0.6 is 23.6 Å². The first-order valence-corrected chi connectivity index (χ1v) is 8.34. The Labute approximate surface area is 144 Å². The summed E-state index contributed by atoms with van der Waals surface area (Å²) >= 11 is 6.87. The number of rotatable bonds is 3. The van der Waals surface area contributed by atoms with Gasteiger partial charge in [0.2, 0.25) is 0 Å². The molecular formula is C17H16N2O2S2. The first-order chi connectivity index (χ1) is 11.1. The number of methoxy groups -OCH3 is 1. The van der Waals surface area contributed by atoms with Crippen LogP contribution in [0.3, 0.4) is 0 Å². The maximum absolute atomic E-state index is 12.1. The van der Waals surface area contributed by atoms with E-state index >= 15 is 0 Å². The third kappa shape index (κ3) is 3.13. The van der Waals surface area contributed by atoms with Gasteiger partial charge in [0.05, 0.1) is 18.7 Å².